The molecule has 3 heteroatoms. The Hall–Kier alpha value is 0.394. The van der Waals surface area contributed by atoms with Gasteiger partial charge < -0.3 is 4.57 Å². The molecule has 1 nitrogen and oxygen atoms in total. The Kier molecular flexibility index (Phi) is 5.36. The first kappa shape index (κ1) is 12.4. The van der Waals surface area contributed by atoms with Crippen LogP contribution in [0.15, 0.2) is 0 Å². The Labute approximate surface area is 81.5 Å². The fourth-order valence-corrected chi connectivity index (χ4v) is 3.88. The van der Waals surface area contributed by atoms with Gasteiger partial charge in [0.2, 0.25) is 0 Å². The van der Waals surface area contributed by atoms with Crippen LogP contribution < -0.4 is 0 Å². The molecule has 0 aliphatic rings. The van der Waals surface area contributed by atoms with Crippen LogP contribution in [-0.4, -0.2) is 35.4 Å². The maximum Gasteiger partial charge on any atom is 0.142 e. The van der Waals surface area contributed by atoms with E-state index in [1.807, 2.05) is 0 Å². The Balaban J connectivity index is 3.90. The van der Waals surface area contributed by atoms with Crippen LogP contribution in [0.3, 0.4) is 0 Å². The molecular weight excluding hydrogens is 178 g/mol. The summed E-state index contributed by atoms with van der Waals surface area (Å²) in [6.45, 7) is 16.8. The van der Waals surface area contributed by atoms with Crippen LogP contribution in [0.2, 0.25) is 24.8 Å². The van der Waals surface area contributed by atoms with E-state index in [0.29, 0.717) is 0 Å². The lowest BCUT2D eigenvalue weighted by Gasteiger charge is -2.29. The molecule has 0 amide bonds. The smallest absolute Gasteiger partial charge is 0.142 e. The molecule has 0 aromatic rings. The van der Waals surface area contributed by atoms with Gasteiger partial charge in [-0.15, -0.1) is 0 Å². The van der Waals surface area contributed by atoms with E-state index in [1.165, 1.54) is 13.1 Å². The molecule has 1 atom stereocenters. The van der Waals surface area contributed by atoms with E-state index in [1.54, 1.807) is 0 Å². The summed E-state index contributed by atoms with van der Waals surface area (Å²) in [5.41, 5.74) is 0. The standard InChI is InChI=1S/C9H23NSi2/c1-7-10(8-2)11-9(3)12(4,5)6/h9H,7-8H2,1-6H3. The molecule has 0 aromatic carbocycles. The van der Waals surface area contributed by atoms with Gasteiger partial charge in [-0.25, -0.2) is 0 Å². The molecule has 1 unspecified atom stereocenters. The second kappa shape index (κ2) is 5.19. The summed E-state index contributed by atoms with van der Waals surface area (Å²) in [6.07, 6.45) is 0. The third-order valence-corrected chi connectivity index (χ3v) is 9.41. The molecule has 0 aliphatic carbocycles. The first-order valence-corrected chi connectivity index (χ1v) is 9.53. The topological polar surface area (TPSA) is 3.24 Å². The largest absolute Gasteiger partial charge is 0.326 e. The minimum absolute atomic E-state index is 0.885. The van der Waals surface area contributed by atoms with Gasteiger partial charge in [-0.2, -0.15) is 0 Å². The van der Waals surface area contributed by atoms with E-state index >= 15 is 0 Å². The molecule has 12 heavy (non-hydrogen) atoms. The van der Waals surface area contributed by atoms with E-state index in [2.05, 4.69) is 45.0 Å². The molecule has 0 spiro atoms. The van der Waals surface area contributed by atoms with Gasteiger partial charge in [-0.1, -0.05) is 40.4 Å². The molecule has 0 heterocycles. The van der Waals surface area contributed by atoms with Crippen LogP contribution in [0.4, 0.5) is 0 Å². The van der Waals surface area contributed by atoms with E-state index in [-0.39, 0.29) is 0 Å². The van der Waals surface area contributed by atoms with Crippen molar-refractivity contribution in [2.24, 2.45) is 0 Å². The SMILES string of the molecule is CCN(CC)[Si]C(C)[Si](C)(C)C. The summed E-state index contributed by atoms with van der Waals surface area (Å²) in [6, 6.07) is 0. The highest BCUT2D eigenvalue weighted by Crippen LogP contribution is 2.19. The summed E-state index contributed by atoms with van der Waals surface area (Å²) < 4.78 is 2.56. The van der Waals surface area contributed by atoms with Crippen molar-refractivity contribution in [1.29, 1.82) is 0 Å². The maximum atomic E-state index is 2.56. The first-order valence-electron chi connectivity index (χ1n) is 4.92. The number of hydrogen-bond acceptors (Lipinski definition) is 1. The highest BCUT2D eigenvalue weighted by molar-refractivity contribution is 6.84. The molecule has 0 aliphatic heterocycles. The van der Waals surface area contributed by atoms with Gasteiger partial charge in [0.15, 0.2) is 0 Å². The summed E-state index contributed by atoms with van der Waals surface area (Å²) in [5, 5.41) is 0.942. The maximum absolute atomic E-state index is 2.56. The highest BCUT2D eigenvalue weighted by Gasteiger charge is 2.24. The van der Waals surface area contributed by atoms with Crippen molar-refractivity contribution in [2.45, 2.75) is 45.6 Å². The van der Waals surface area contributed by atoms with Crippen molar-refractivity contribution in [2.75, 3.05) is 13.1 Å². The van der Waals surface area contributed by atoms with E-state index < -0.39 is 8.07 Å². The minimum atomic E-state index is -0.885. The second-order valence-electron chi connectivity index (χ2n) is 4.39. The van der Waals surface area contributed by atoms with Gasteiger partial charge in [-0.3, -0.25) is 0 Å². The molecule has 72 valence electrons. The first-order chi connectivity index (χ1) is 5.41. The quantitative estimate of drug-likeness (QED) is 0.618. The van der Waals surface area contributed by atoms with Crippen LogP contribution in [0.5, 0.6) is 0 Å². The lowest BCUT2D eigenvalue weighted by molar-refractivity contribution is 0.490. The van der Waals surface area contributed by atoms with Crippen LogP contribution in [0, 0.1) is 0 Å². The molecule has 0 aromatic heterocycles. The predicted octanol–water partition coefficient (Wildman–Crippen LogP) is 2.63. The second-order valence-corrected chi connectivity index (χ2v) is 12.3. The zero-order valence-electron chi connectivity index (χ0n) is 9.44. The zero-order chi connectivity index (χ0) is 9.78. The summed E-state index contributed by atoms with van der Waals surface area (Å²) in [5.74, 6) is 0. The predicted molar refractivity (Wildman–Crippen MR) is 61.4 cm³/mol. The lowest BCUT2D eigenvalue weighted by Crippen LogP contribution is -2.39. The van der Waals surface area contributed by atoms with Crippen molar-refractivity contribution in [1.82, 2.24) is 4.57 Å². The van der Waals surface area contributed by atoms with Gasteiger partial charge >= 0.3 is 0 Å². The highest BCUT2D eigenvalue weighted by atomic mass is 28.4. The molecule has 0 saturated carbocycles. The normalized spacial score (nSPS) is 15.2. The third-order valence-electron chi connectivity index (χ3n) is 2.44. The molecule has 0 rings (SSSR count). The summed E-state index contributed by atoms with van der Waals surface area (Å²) in [7, 11) is 0.158. The lowest BCUT2D eigenvalue weighted by atomic mass is 10.7. The van der Waals surface area contributed by atoms with Crippen molar-refractivity contribution in [3.63, 3.8) is 0 Å². The Bertz CT molecular complexity index is 116. The van der Waals surface area contributed by atoms with Crippen molar-refractivity contribution in [3.8, 4) is 0 Å². The van der Waals surface area contributed by atoms with Crippen molar-refractivity contribution in [3.05, 3.63) is 0 Å². The van der Waals surface area contributed by atoms with E-state index in [9.17, 15) is 0 Å². The van der Waals surface area contributed by atoms with Crippen LogP contribution in [0.25, 0.3) is 0 Å². The molecule has 2 radical (unpaired) electrons. The third kappa shape index (κ3) is 4.43. The Morgan fingerprint density at radius 3 is 1.83 bits per heavy atom. The van der Waals surface area contributed by atoms with Gasteiger partial charge in [0.05, 0.1) is 0 Å². The zero-order valence-corrected chi connectivity index (χ0v) is 11.4. The van der Waals surface area contributed by atoms with Crippen LogP contribution >= 0.6 is 0 Å². The molecule has 0 bridgehead atoms. The van der Waals surface area contributed by atoms with Gasteiger partial charge in [-0.05, 0) is 18.3 Å². The van der Waals surface area contributed by atoms with Crippen molar-refractivity contribution < 1.29 is 0 Å². The summed E-state index contributed by atoms with van der Waals surface area (Å²) >= 11 is 0. The average molecular weight is 201 g/mol. The number of hydrogen-bond donors (Lipinski definition) is 0. The fourth-order valence-electron chi connectivity index (χ4n) is 0.874. The molecule has 0 fully saturated rings. The van der Waals surface area contributed by atoms with Gasteiger partial charge in [0.25, 0.3) is 0 Å². The van der Waals surface area contributed by atoms with Gasteiger partial charge in [0, 0.05) is 8.07 Å². The van der Waals surface area contributed by atoms with Crippen LogP contribution in [-0.2, 0) is 0 Å². The summed E-state index contributed by atoms with van der Waals surface area (Å²) in [4.78, 5) is 0. The Morgan fingerprint density at radius 2 is 1.58 bits per heavy atom. The minimum Gasteiger partial charge on any atom is -0.326 e. The van der Waals surface area contributed by atoms with E-state index in [4.69, 9.17) is 0 Å². The van der Waals surface area contributed by atoms with Crippen LogP contribution in [0.1, 0.15) is 20.8 Å². The monoisotopic (exact) mass is 201 g/mol. The van der Waals surface area contributed by atoms with Gasteiger partial charge in [0.1, 0.15) is 9.68 Å². The van der Waals surface area contributed by atoms with E-state index in [0.717, 1.165) is 14.8 Å². The molecular formula is C9H23NSi2. The van der Waals surface area contributed by atoms with Crippen molar-refractivity contribution >= 4 is 17.8 Å². The molecule has 0 saturated heterocycles. The molecule has 0 N–H and O–H groups in total. The average Bonchev–Trinajstić information content (AvgIpc) is 1.97. The fraction of sp³-hybridized carbons (Fsp3) is 1.00. The number of rotatable bonds is 5. The Morgan fingerprint density at radius 1 is 1.17 bits per heavy atom. The number of nitrogens with zero attached hydrogens (tertiary/aromatic N) is 1.